The molecule has 112 valence electrons. The van der Waals surface area contributed by atoms with Crippen LogP contribution in [-0.2, 0) is 15.7 Å². The van der Waals surface area contributed by atoms with Crippen molar-refractivity contribution in [3.8, 4) is 5.75 Å². The van der Waals surface area contributed by atoms with Crippen molar-refractivity contribution >= 4 is 16.0 Å². The average Bonchev–Trinajstić information content (AvgIpc) is 2.48. The van der Waals surface area contributed by atoms with Crippen molar-refractivity contribution in [1.82, 2.24) is 0 Å². The topological polar surface area (TPSA) is 87.1 Å². The molecule has 0 amide bonds. The Morgan fingerprint density at radius 3 is 2.45 bits per heavy atom. The molecule has 1 heterocycles. The Kier molecular flexibility index (Phi) is 3.48. The maximum Gasteiger partial charge on any atom is 0.360 e. The number of nitrogens with zero attached hydrogens (tertiary/aromatic N) is 1. The Bertz CT molecular complexity index is 624. The summed E-state index contributed by atoms with van der Waals surface area (Å²) in [6.45, 7) is 6.94. The summed E-state index contributed by atoms with van der Waals surface area (Å²) >= 11 is 0. The summed E-state index contributed by atoms with van der Waals surface area (Å²) < 4.78 is 38.6. The van der Waals surface area contributed by atoms with Crippen LogP contribution < -0.4 is 9.04 Å². The van der Waals surface area contributed by atoms with Gasteiger partial charge >= 0.3 is 10.3 Å². The highest BCUT2D eigenvalue weighted by atomic mass is 32.2. The van der Waals surface area contributed by atoms with Crippen LogP contribution in [-0.4, -0.2) is 30.4 Å². The first-order valence-corrected chi connectivity index (χ1v) is 7.71. The van der Waals surface area contributed by atoms with E-state index in [4.69, 9.17) is 4.74 Å². The highest BCUT2D eigenvalue weighted by molar-refractivity contribution is 7.87. The van der Waals surface area contributed by atoms with Crippen molar-refractivity contribution in [2.24, 2.45) is 0 Å². The van der Waals surface area contributed by atoms with Crippen molar-refractivity contribution < 1.29 is 22.8 Å². The maximum atomic E-state index is 11.5. The van der Waals surface area contributed by atoms with E-state index in [0.29, 0.717) is 17.0 Å². The molecule has 0 aliphatic carbocycles. The number of ether oxygens (including phenoxy) is 1. The fraction of sp³-hybridized carbons (Fsp3) is 0.538. The van der Waals surface area contributed by atoms with Gasteiger partial charge in [0, 0.05) is 11.6 Å². The molecule has 0 saturated heterocycles. The van der Waals surface area contributed by atoms with E-state index in [-0.39, 0.29) is 0 Å². The zero-order chi connectivity index (χ0) is 15.3. The van der Waals surface area contributed by atoms with Crippen LogP contribution in [0.5, 0.6) is 5.75 Å². The SMILES string of the molecule is CC(C)N(c1ccc2c(c1)C(C)(C)C(O)O2)S(=O)(=O)O. The predicted molar refractivity (Wildman–Crippen MR) is 75.3 cm³/mol. The molecule has 0 saturated carbocycles. The van der Waals surface area contributed by atoms with Gasteiger partial charge in [-0.2, -0.15) is 8.42 Å². The van der Waals surface area contributed by atoms with E-state index in [0.717, 1.165) is 4.31 Å². The molecule has 1 aliphatic heterocycles. The summed E-state index contributed by atoms with van der Waals surface area (Å²) in [4.78, 5) is 0. The Labute approximate surface area is 118 Å². The number of rotatable bonds is 3. The molecule has 0 bridgehead atoms. The zero-order valence-electron chi connectivity index (χ0n) is 11.9. The van der Waals surface area contributed by atoms with Gasteiger partial charge in [0.2, 0.25) is 6.29 Å². The van der Waals surface area contributed by atoms with Gasteiger partial charge in [-0.05, 0) is 45.9 Å². The molecule has 6 nitrogen and oxygen atoms in total. The average molecular weight is 301 g/mol. The second-order valence-electron chi connectivity index (χ2n) is 5.74. The lowest BCUT2D eigenvalue weighted by Crippen LogP contribution is -2.36. The molecule has 20 heavy (non-hydrogen) atoms. The molecule has 2 N–H and O–H groups in total. The number of aliphatic hydroxyl groups is 1. The fourth-order valence-corrected chi connectivity index (χ4v) is 3.27. The molecule has 1 aliphatic rings. The van der Waals surface area contributed by atoms with Crippen LogP contribution in [0.1, 0.15) is 33.3 Å². The van der Waals surface area contributed by atoms with Crippen LogP contribution in [0.25, 0.3) is 0 Å². The van der Waals surface area contributed by atoms with Gasteiger partial charge in [0.05, 0.1) is 11.1 Å². The van der Waals surface area contributed by atoms with Crippen molar-refractivity contribution in [2.75, 3.05) is 4.31 Å². The van der Waals surface area contributed by atoms with E-state index in [9.17, 15) is 18.1 Å². The molecular formula is C13H19NO5S. The second kappa shape index (κ2) is 4.61. The van der Waals surface area contributed by atoms with Crippen LogP contribution in [0.4, 0.5) is 5.69 Å². The molecule has 1 aromatic rings. The first kappa shape index (κ1) is 15.1. The van der Waals surface area contributed by atoms with Crippen LogP contribution in [0.3, 0.4) is 0 Å². The molecule has 1 aromatic carbocycles. The molecule has 0 radical (unpaired) electrons. The molecule has 1 unspecified atom stereocenters. The van der Waals surface area contributed by atoms with Gasteiger partial charge in [0.1, 0.15) is 5.75 Å². The summed E-state index contributed by atoms with van der Waals surface area (Å²) in [6, 6.07) is 4.34. The lowest BCUT2D eigenvalue weighted by molar-refractivity contribution is -0.0450. The molecule has 1 atom stereocenters. The number of fused-ring (bicyclic) bond motifs is 1. The molecule has 2 rings (SSSR count). The maximum absolute atomic E-state index is 11.5. The van der Waals surface area contributed by atoms with Crippen molar-refractivity contribution in [3.63, 3.8) is 0 Å². The van der Waals surface area contributed by atoms with Gasteiger partial charge < -0.3 is 9.84 Å². The molecule has 0 aromatic heterocycles. The Hall–Kier alpha value is -1.31. The lowest BCUT2D eigenvalue weighted by Gasteiger charge is -2.26. The van der Waals surface area contributed by atoms with Gasteiger partial charge in [-0.15, -0.1) is 0 Å². The van der Waals surface area contributed by atoms with E-state index in [1.807, 2.05) is 0 Å². The number of hydrogen-bond donors (Lipinski definition) is 2. The summed E-state index contributed by atoms with van der Waals surface area (Å²) in [5.74, 6) is 0.519. The number of anilines is 1. The third-order valence-corrected chi connectivity index (χ3v) is 4.61. The Morgan fingerprint density at radius 2 is 1.95 bits per heavy atom. The molecule has 0 spiro atoms. The normalized spacial score (nSPS) is 20.6. The number of aliphatic hydroxyl groups excluding tert-OH is 1. The second-order valence-corrected chi connectivity index (χ2v) is 7.03. The minimum Gasteiger partial charge on any atom is -0.464 e. The quantitative estimate of drug-likeness (QED) is 0.830. The van der Waals surface area contributed by atoms with Crippen molar-refractivity contribution in [3.05, 3.63) is 23.8 Å². The minimum absolute atomic E-state index is 0.340. The van der Waals surface area contributed by atoms with Crippen LogP contribution in [0.2, 0.25) is 0 Å². The fourth-order valence-electron chi connectivity index (χ4n) is 2.36. The highest BCUT2D eigenvalue weighted by Gasteiger charge is 2.41. The monoisotopic (exact) mass is 301 g/mol. The third-order valence-electron chi connectivity index (χ3n) is 3.49. The van der Waals surface area contributed by atoms with Gasteiger partial charge in [-0.1, -0.05) is 0 Å². The molecule has 0 fully saturated rings. The summed E-state index contributed by atoms with van der Waals surface area (Å²) in [5.41, 5.74) is 0.400. The lowest BCUT2D eigenvalue weighted by atomic mass is 9.85. The van der Waals surface area contributed by atoms with Gasteiger partial charge in [0.15, 0.2) is 0 Å². The smallest absolute Gasteiger partial charge is 0.360 e. The van der Waals surface area contributed by atoms with E-state index in [1.54, 1.807) is 45.9 Å². The van der Waals surface area contributed by atoms with Crippen molar-refractivity contribution in [1.29, 1.82) is 0 Å². The molecule has 7 heteroatoms. The van der Waals surface area contributed by atoms with Gasteiger partial charge in [-0.3, -0.25) is 4.55 Å². The Morgan fingerprint density at radius 1 is 1.35 bits per heavy atom. The zero-order valence-corrected chi connectivity index (χ0v) is 12.7. The van der Waals surface area contributed by atoms with E-state index in [2.05, 4.69) is 0 Å². The number of benzene rings is 1. The first-order valence-electron chi connectivity index (χ1n) is 6.31. The van der Waals surface area contributed by atoms with Crippen LogP contribution in [0, 0.1) is 0 Å². The highest BCUT2D eigenvalue weighted by Crippen LogP contribution is 2.43. The largest absolute Gasteiger partial charge is 0.464 e. The summed E-state index contributed by atoms with van der Waals surface area (Å²) in [6.07, 6.45) is -0.981. The third kappa shape index (κ3) is 2.36. The van der Waals surface area contributed by atoms with Gasteiger partial charge in [-0.25, -0.2) is 4.31 Å². The van der Waals surface area contributed by atoms with Crippen LogP contribution >= 0.6 is 0 Å². The Balaban J connectivity index is 2.55. The summed E-state index contributed by atoms with van der Waals surface area (Å²) in [5, 5.41) is 9.87. The minimum atomic E-state index is -4.36. The molecular weight excluding hydrogens is 282 g/mol. The summed E-state index contributed by atoms with van der Waals surface area (Å²) in [7, 11) is -4.36. The van der Waals surface area contributed by atoms with Crippen molar-refractivity contribution in [2.45, 2.75) is 45.4 Å². The van der Waals surface area contributed by atoms with Crippen LogP contribution in [0.15, 0.2) is 18.2 Å². The van der Waals surface area contributed by atoms with E-state index >= 15 is 0 Å². The number of hydrogen-bond acceptors (Lipinski definition) is 4. The first-order chi connectivity index (χ1) is 9.05. The standard InChI is InChI=1S/C13H19NO5S/c1-8(2)14(20(16,17)18)9-5-6-11-10(7-9)13(3,4)12(15)19-11/h5-8,12,15H,1-4H3,(H,16,17,18). The van der Waals surface area contributed by atoms with Gasteiger partial charge in [0.25, 0.3) is 0 Å². The predicted octanol–water partition coefficient (Wildman–Crippen LogP) is 1.69. The van der Waals surface area contributed by atoms with E-state index in [1.165, 1.54) is 0 Å². The van der Waals surface area contributed by atoms with E-state index < -0.39 is 28.1 Å².